The third kappa shape index (κ3) is 2.50. The van der Waals surface area contributed by atoms with Gasteiger partial charge >= 0.3 is 0 Å². The number of allylic oxidation sites excluding steroid dienone is 1. The number of likely N-dealkylation sites (N-methyl/N-ethyl adjacent to an activating group) is 1. The predicted octanol–water partition coefficient (Wildman–Crippen LogP) is 4.68. The molecule has 0 bridgehead atoms. The first-order valence-electron chi connectivity index (χ1n) is 8.26. The van der Waals surface area contributed by atoms with Crippen LogP contribution in [0.25, 0.3) is 6.08 Å². The molecule has 0 fully saturated rings. The van der Waals surface area contributed by atoms with E-state index in [1.807, 2.05) is 30.1 Å². The van der Waals surface area contributed by atoms with Crippen LogP contribution in [0.3, 0.4) is 0 Å². The van der Waals surface area contributed by atoms with Crippen molar-refractivity contribution in [3.05, 3.63) is 64.5 Å². The van der Waals surface area contributed by atoms with Gasteiger partial charge < -0.3 is 9.88 Å². The van der Waals surface area contributed by atoms with Crippen molar-refractivity contribution >= 4 is 12.0 Å². The molecule has 2 aromatic rings. The number of nitrogens with zero attached hydrogens (tertiary/aromatic N) is 1. The van der Waals surface area contributed by atoms with Crippen LogP contribution < -0.4 is 0 Å². The number of nitrogens with one attached hydrogen (secondary N) is 1. The zero-order valence-corrected chi connectivity index (χ0v) is 14.3. The van der Waals surface area contributed by atoms with E-state index in [9.17, 15) is 4.79 Å². The number of benzene rings is 1. The van der Waals surface area contributed by atoms with Crippen LogP contribution in [0.2, 0.25) is 0 Å². The number of hydrogen-bond acceptors (Lipinski definition) is 1. The van der Waals surface area contributed by atoms with Crippen molar-refractivity contribution in [2.75, 3.05) is 7.05 Å². The third-order valence-corrected chi connectivity index (χ3v) is 4.95. The zero-order valence-electron chi connectivity index (χ0n) is 14.3. The van der Waals surface area contributed by atoms with Crippen molar-refractivity contribution in [3.8, 4) is 0 Å². The van der Waals surface area contributed by atoms with Crippen LogP contribution in [-0.2, 0) is 0 Å². The molecule has 1 amide bonds. The molecule has 1 N–H and O–H groups in total. The number of fused-ring (bicyclic) bond motifs is 1. The van der Waals surface area contributed by atoms with E-state index in [1.54, 1.807) is 0 Å². The molecular weight excluding hydrogens is 284 g/mol. The highest BCUT2D eigenvalue weighted by atomic mass is 16.2. The lowest BCUT2D eigenvalue weighted by molar-refractivity contribution is 0.0678. The van der Waals surface area contributed by atoms with E-state index in [1.165, 1.54) is 11.1 Å². The third-order valence-electron chi connectivity index (χ3n) is 4.95. The zero-order chi connectivity index (χ0) is 16.6. The summed E-state index contributed by atoms with van der Waals surface area (Å²) in [6.45, 7) is 6.47. The van der Waals surface area contributed by atoms with E-state index in [0.717, 1.165) is 23.2 Å². The molecule has 0 aliphatic carbocycles. The highest BCUT2D eigenvalue weighted by Gasteiger charge is 2.37. The normalized spacial score (nSPS) is 21.0. The minimum absolute atomic E-state index is 0.0671. The summed E-state index contributed by atoms with van der Waals surface area (Å²) < 4.78 is 0. The van der Waals surface area contributed by atoms with E-state index in [0.29, 0.717) is 0 Å². The summed E-state index contributed by atoms with van der Waals surface area (Å²) in [7, 11) is 1.91. The highest BCUT2D eigenvalue weighted by Crippen LogP contribution is 2.42. The molecule has 0 saturated heterocycles. The van der Waals surface area contributed by atoms with E-state index in [-0.39, 0.29) is 17.9 Å². The Kier molecular flexibility index (Phi) is 4.12. The Hall–Kier alpha value is -2.29. The first-order valence-corrected chi connectivity index (χ1v) is 8.26. The van der Waals surface area contributed by atoms with Crippen molar-refractivity contribution in [1.82, 2.24) is 9.88 Å². The van der Waals surface area contributed by atoms with Crippen LogP contribution in [-0.4, -0.2) is 22.8 Å². The molecule has 2 unspecified atom stereocenters. The SMILES string of the molecule is CC/C=C\c1[nH]cc(C2C(C)c3ccccc3C(=O)N2C)c1C. The molecule has 1 aromatic carbocycles. The van der Waals surface area contributed by atoms with Gasteiger partial charge in [-0.15, -0.1) is 0 Å². The number of aromatic amines is 1. The molecule has 0 radical (unpaired) electrons. The minimum Gasteiger partial charge on any atom is -0.361 e. The van der Waals surface area contributed by atoms with Crippen LogP contribution in [0, 0.1) is 6.92 Å². The van der Waals surface area contributed by atoms with Gasteiger partial charge in [0.25, 0.3) is 5.91 Å². The monoisotopic (exact) mass is 308 g/mol. The molecule has 0 saturated carbocycles. The standard InChI is InChI=1S/C20H24N2O/c1-5-6-11-18-13(2)17(12-21-18)19-14(3)15-9-7-8-10-16(15)20(23)22(19)4/h6-12,14,19,21H,5H2,1-4H3/b11-6-. The Morgan fingerprint density at radius 3 is 2.74 bits per heavy atom. The molecule has 2 heterocycles. The Balaban J connectivity index is 2.05. The largest absolute Gasteiger partial charge is 0.361 e. The maximum atomic E-state index is 12.7. The van der Waals surface area contributed by atoms with Crippen molar-refractivity contribution in [1.29, 1.82) is 0 Å². The van der Waals surface area contributed by atoms with Gasteiger partial charge in [0.2, 0.25) is 0 Å². The van der Waals surface area contributed by atoms with Gasteiger partial charge in [-0.25, -0.2) is 0 Å². The van der Waals surface area contributed by atoms with Crippen LogP contribution in [0.15, 0.2) is 36.5 Å². The Bertz CT molecular complexity index is 757. The van der Waals surface area contributed by atoms with Crippen molar-refractivity contribution in [3.63, 3.8) is 0 Å². The van der Waals surface area contributed by atoms with Crippen molar-refractivity contribution in [2.45, 2.75) is 39.2 Å². The maximum Gasteiger partial charge on any atom is 0.254 e. The minimum atomic E-state index is 0.0671. The Morgan fingerprint density at radius 2 is 2.00 bits per heavy atom. The molecule has 23 heavy (non-hydrogen) atoms. The number of amides is 1. The highest BCUT2D eigenvalue weighted by molar-refractivity contribution is 5.97. The lowest BCUT2D eigenvalue weighted by Gasteiger charge is -2.39. The lowest BCUT2D eigenvalue weighted by atomic mass is 9.81. The van der Waals surface area contributed by atoms with Crippen molar-refractivity contribution < 1.29 is 4.79 Å². The summed E-state index contributed by atoms with van der Waals surface area (Å²) in [4.78, 5) is 18.0. The average molecular weight is 308 g/mol. The van der Waals surface area contributed by atoms with Crippen LogP contribution in [0.5, 0.6) is 0 Å². The van der Waals surface area contributed by atoms with Crippen LogP contribution in [0.1, 0.15) is 65.0 Å². The first-order chi connectivity index (χ1) is 11.1. The van der Waals surface area contributed by atoms with Gasteiger partial charge in [0, 0.05) is 30.4 Å². The van der Waals surface area contributed by atoms with Crippen LogP contribution >= 0.6 is 0 Å². The average Bonchev–Trinajstić information content (AvgIpc) is 2.92. The molecule has 1 aliphatic heterocycles. The Labute approximate surface area is 138 Å². The second-order valence-electron chi connectivity index (χ2n) is 6.33. The molecular formula is C20H24N2O. The Morgan fingerprint density at radius 1 is 1.26 bits per heavy atom. The number of carbonyl (C=O) groups is 1. The van der Waals surface area contributed by atoms with Gasteiger partial charge in [-0.2, -0.15) is 0 Å². The summed E-state index contributed by atoms with van der Waals surface area (Å²) in [6.07, 6.45) is 7.35. The van der Waals surface area contributed by atoms with E-state index in [4.69, 9.17) is 0 Å². The second kappa shape index (κ2) is 6.07. The fourth-order valence-electron chi connectivity index (χ4n) is 3.63. The summed E-state index contributed by atoms with van der Waals surface area (Å²) in [6, 6.07) is 8.03. The maximum absolute atomic E-state index is 12.7. The molecule has 2 atom stereocenters. The van der Waals surface area contributed by atoms with Gasteiger partial charge in [0.1, 0.15) is 0 Å². The van der Waals surface area contributed by atoms with E-state index in [2.05, 4.69) is 50.2 Å². The number of aromatic nitrogens is 1. The summed E-state index contributed by atoms with van der Waals surface area (Å²) in [5.41, 5.74) is 5.54. The smallest absolute Gasteiger partial charge is 0.254 e. The van der Waals surface area contributed by atoms with Crippen LogP contribution in [0.4, 0.5) is 0 Å². The number of H-pyrrole nitrogens is 1. The number of hydrogen-bond donors (Lipinski definition) is 1. The summed E-state index contributed by atoms with van der Waals surface area (Å²) >= 11 is 0. The fourth-order valence-corrected chi connectivity index (χ4v) is 3.63. The van der Waals surface area contributed by atoms with Gasteiger partial charge in [-0.05, 0) is 42.2 Å². The number of rotatable bonds is 3. The van der Waals surface area contributed by atoms with E-state index >= 15 is 0 Å². The molecule has 3 rings (SSSR count). The fraction of sp³-hybridized carbons (Fsp3) is 0.350. The van der Waals surface area contributed by atoms with Crippen molar-refractivity contribution in [2.24, 2.45) is 0 Å². The predicted molar refractivity (Wildman–Crippen MR) is 94.5 cm³/mol. The number of carbonyl (C=O) groups excluding carboxylic acids is 1. The van der Waals surface area contributed by atoms with Gasteiger partial charge in [-0.3, -0.25) is 4.79 Å². The molecule has 1 aromatic heterocycles. The topological polar surface area (TPSA) is 36.1 Å². The molecule has 3 heteroatoms. The lowest BCUT2D eigenvalue weighted by Crippen LogP contribution is -2.39. The first kappa shape index (κ1) is 15.6. The second-order valence-corrected chi connectivity index (χ2v) is 6.33. The quantitative estimate of drug-likeness (QED) is 0.878. The molecule has 120 valence electrons. The van der Waals surface area contributed by atoms with Gasteiger partial charge in [0.05, 0.1) is 6.04 Å². The molecule has 3 nitrogen and oxygen atoms in total. The molecule has 1 aliphatic rings. The summed E-state index contributed by atoms with van der Waals surface area (Å²) in [5, 5.41) is 0. The van der Waals surface area contributed by atoms with Gasteiger partial charge in [-0.1, -0.05) is 38.1 Å². The van der Waals surface area contributed by atoms with Gasteiger partial charge in [0.15, 0.2) is 0 Å². The molecule has 0 spiro atoms. The summed E-state index contributed by atoms with van der Waals surface area (Å²) in [5.74, 6) is 0.376. The van der Waals surface area contributed by atoms with E-state index < -0.39 is 0 Å².